The van der Waals surface area contributed by atoms with Gasteiger partial charge in [0, 0.05) is 31.1 Å². The molecule has 1 rings (SSSR count). The molecule has 1 aliphatic carbocycles. The highest BCUT2D eigenvalue weighted by atomic mass is 16.4. The van der Waals surface area contributed by atoms with Crippen LogP contribution < -0.4 is 0 Å². The van der Waals surface area contributed by atoms with Crippen LogP contribution in [0.15, 0.2) is 12.2 Å². The topological polar surface area (TPSA) is 115 Å². The van der Waals surface area contributed by atoms with E-state index in [2.05, 4.69) is 6.92 Å². The van der Waals surface area contributed by atoms with Gasteiger partial charge in [-0.15, -0.1) is 0 Å². The van der Waals surface area contributed by atoms with Crippen molar-refractivity contribution < 1.29 is 30.0 Å². The first-order chi connectivity index (χ1) is 11.3. The molecule has 4 N–H and O–H groups in total. The predicted octanol–water partition coefficient (Wildman–Crippen LogP) is 1.67. The standard InChI is InChI=1S/C18H30O6/c1-2-3-4-5-12(19)6-8-14-15(17(22)11-16(14)21)10-13(20)7-9-18(23)24/h6,8,12,14-17,19,21-22H,2-5,7,9-11H2,1H3,(H,23,24)/b8-6+/t12-,14-,15+,16+,17-/m1/s1. The number of aliphatic carboxylic acids is 1. The molecule has 0 amide bonds. The zero-order valence-electron chi connectivity index (χ0n) is 14.3. The number of Topliss-reactive ketones (excluding diaryl/α,β-unsaturated/α-hetero) is 1. The van der Waals surface area contributed by atoms with Crippen LogP contribution in [0, 0.1) is 11.8 Å². The van der Waals surface area contributed by atoms with E-state index in [-0.39, 0.29) is 31.5 Å². The Labute approximate surface area is 143 Å². The molecule has 0 unspecified atom stereocenters. The number of unbranched alkanes of at least 4 members (excludes halogenated alkanes) is 2. The second-order valence-corrected chi connectivity index (χ2v) is 6.70. The van der Waals surface area contributed by atoms with Crippen molar-refractivity contribution in [3.05, 3.63) is 12.2 Å². The Hall–Kier alpha value is -1.24. The lowest BCUT2D eigenvalue weighted by Gasteiger charge is -2.20. The fourth-order valence-corrected chi connectivity index (χ4v) is 3.23. The highest BCUT2D eigenvalue weighted by Gasteiger charge is 2.41. The first-order valence-corrected chi connectivity index (χ1v) is 8.81. The molecule has 5 atom stereocenters. The van der Waals surface area contributed by atoms with E-state index < -0.39 is 36.1 Å². The minimum Gasteiger partial charge on any atom is -0.481 e. The van der Waals surface area contributed by atoms with Crippen molar-refractivity contribution in [1.82, 2.24) is 0 Å². The number of aliphatic hydroxyl groups excluding tert-OH is 3. The lowest BCUT2D eigenvalue weighted by molar-refractivity contribution is -0.138. The van der Waals surface area contributed by atoms with Gasteiger partial charge in [0.2, 0.25) is 0 Å². The molecule has 138 valence electrons. The number of ketones is 1. The number of hydrogen-bond acceptors (Lipinski definition) is 5. The summed E-state index contributed by atoms with van der Waals surface area (Å²) in [5, 5.41) is 38.7. The lowest BCUT2D eigenvalue weighted by atomic mass is 9.87. The van der Waals surface area contributed by atoms with Gasteiger partial charge >= 0.3 is 5.97 Å². The summed E-state index contributed by atoms with van der Waals surface area (Å²) >= 11 is 0. The van der Waals surface area contributed by atoms with Crippen LogP contribution in [0.2, 0.25) is 0 Å². The summed E-state index contributed by atoms with van der Waals surface area (Å²) in [5.74, 6) is -2.07. The molecule has 24 heavy (non-hydrogen) atoms. The van der Waals surface area contributed by atoms with Crippen LogP contribution in [0.25, 0.3) is 0 Å². The molecule has 0 aromatic rings. The molecule has 1 aliphatic rings. The minimum absolute atomic E-state index is 0.0481. The molecule has 1 saturated carbocycles. The third-order valence-corrected chi connectivity index (χ3v) is 4.66. The van der Waals surface area contributed by atoms with Gasteiger partial charge in [0.15, 0.2) is 0 Å². The first-order valence-electron chi connectivity index (χ1n) is 8.81. The van der Waals surface area contributed by atoms with Gasteiger partial charge in [-0.25, -0.2) is 0 Å². The first kappa shape index (κ1) is 20.8. The molecule has 6 heteroatoms. The van der Waals surface area contributed by atoms with Crippen LogP contribution in [-0.4, -0.2) is 50.5 Å². The molecule has 0 saturated heterocycles. The lowest BCUT2D eigenvalue weighted by Crippen LogP contribution is -2.24. The third-order valence-electron chi connectivity index (χ3n) is 4.66. The van der Waals surface area contributed by atoms with Crippen LogP contribution in [0.1, 0.15) is 58.3 Å². The molecule has 0 bridgehead atoms. The van der Waals surface area contributed by atoms with Gasteiger partial charge in [-0.1, -0.05) is 38.3 Å². The van der Waals surface area contributed by atoms with Gasteiger partial charge in [0.25, 0.3) is 0 Å². The monoisotopic (exact) mass is 342 g/mol. The van der Waals surface area contributed by atoms with E-state index in [0.29, 0.717) is 6.42 Å². The number of hydrogen-bond donors (Lipinski definition) is 4. The molecule has 0 spiro atoms. The molecule has 0 aliphatic heterocycles. The van der Waals surface area contributed by atoms with Crippen molar-refractivity contribution in [2.45, 2.75) is 76.6 Å². The predicted molar refractivity (Wildman–Crippen MR) is 89.4 cm³/mol. The van der Waals surface area contributed by atoms with Crippen LogP contribution in [0.5, 0.6) is 0 Å². The van der Waals surface area contributed by atoms with Crippen LogP contribution >= 0.6 is 0 Å². The minimum atomic E-state index is -1.03. The Kier molecular flexibility index (Phi) is 9.18. The van der Waals surface area contributed by atoms with E-state index >= 15 is 0 Å². The molecule has 0 heterocycles. The fourth-order valence-electron chi connectivity index (χ4n) is 3.23. The van der Waals surface area contributed by atoms with Crippen molar-refractivity contribution >= 4 is 11.8 Å². The molecular formula is C18H30O6. The summed E-state index contributed by atoms with van der Waals surface area (Å²) in [5.41, 5.74) is 0. The normalized spacial score (nSPS) is 28.3. The second-order valence-electron chi connectivity index (χ2n) is 6.70. The van der Waals surface area contributed by atoms with E-state index in [0.717, 1.165) is 19.3 Å². The number of carbonyl (C=O) groups excluding carboxylic acids is 1. The number of aliphatic hydroxyl groups is 3. The largest absolute Gasteiger partial charge is 0.481 e. The Balaban J connectivity index is 2.58. The summed E-state index contributed by atoms with van der Waals surface area (Å²) in [4.78, 5) is 22.4. The molecule has 1 fully saturated rings. The van der Waals surface area contributed by atoms with E-state index in [1.54, 1.807) is 12.2 Å². The van der Waals surface area contributed by atoms with Gasteiger partial charge in [0.1, 0.15) is 5.78 Å². The number of carboxylic acids is 1. The summed E-state index contributed by atoms with van der Waals surface area (Å²) in [6.07, 6.45) is 4.86. The maximum Gasteiger partial charge on any atom is 0.303 e. The van der Waals surface area contributed by atoms with Crippen molar-refractivity contribution in [3.8, 4) is 0 Å². The van der Waals surface area contributed by atoms with E-state index in [4.69, 9.17) is 5.11 Å². The SMILES string of the molecule is CCCCC[C@@H](O)/C=C/[C@@H]1[C@H](CC(=O)CCC(=O)O)[C@H](O)C[C@@H]1O. The van der Waals surface area contributed by atoms with Gasteiger partial charge in [-0.05, 0) is 6.42 Å². The summed E-state index contributed by atoms with van der Waals surface area (Å²) in [6, 6.07) is 0. The average Bonchev–Trinajstić information content (AvgIpc) is 2.77. The fraction of sp³-hybridized carbons (Fsp3) is 0.778. The maximum atomic E-state index is 11.9. The van der Waals surface area contributed by atoms with Crippen molar-refractivity contribution in [2.75, 3.05) is 0 Å². The zero-order chi connectivity index (χ0) is 18.1. The average molecular weight is 342 g/mol. The molecule has 6 nitrogen and oxygen atoms in total. The summed E-state index contributed by atoms with van der Waals surface area (Å²) in [7, 11) is 0. The van der Waals surface area contributed by atoms with Gasteiger partial charge in [-0.2, -0.15) is 0 Å². The van der Waals surface area contributed by atoms with Gasteiger partial charge in [-0.3, -0.25) is 9.59 Å². The van der Waals surface area contributed by atoms with E-state index in [1.807, 2.05) is 0 Å². The van der Waals surface area contributed by atoms with E-state index in [1.165, 1.54) is 0 Å². The zero-order valence-corrected chi connectivity index (χ0v) is 14.3. The molecular weight excluding hydrogens is 312 g/mol. The Morgan fingerprint density at radius 2 is 1.88 bits per heavy atom. The highest BCUT2D eigenvalue weighted by Crippen LogP contribution is 2.36. The maximum absolute atomic E-state index is 11.9. The number of rotatable bonds is 11. The smallest absolute Gasteiger partial charge is 0.303 e. The number of carboxylic acid groups (broad SMARTS) is 1. The number of carbonyl (C=O) groups is 2. The second kappa shape index (κ2) is 10.6. The van der Waals surface area contributed by atoms with Gasteiger partial charge in [0.05, 0.1) is 24.7 Å². The van der Waals surface area contributed by atoms with Gasteiger partial charge < -0.3 is 20.4 Å². The van der Waals surface area contributed by atoms with Crippen molar-refractivity contribution in [1.29, 1.82) is 0 Å². The molecule has 0 aromatic heterocycles. The van der Waals surface area contributed by atoms with Crippen LogP contribution in [0.4, 0.5) is 0 Å². The van der Waals surface area contributed by atoms with Crippen molar-refractivity contribution in [3.63, 3.8) is 0 Å². The van der Waals surface area contributed by atoms with Crippen LogP contribution in [0.3, 0.4) is 0 Å². The molecule has 0 aromatic carbocycles. The summed E-state index contributed by atoms with van der Waals surface area (Å²) < 4.78 is 0. The highest BCUT2D eigenvalue weighted by molar-refractivity contribution is 5.82. The quantitative estimate of drug-likeness (QED) is 0.335. The molecule has 0 radical (unpaired) electrons. The van der Waals surface area contributed by atoms with E-state index in [9.17, 15) is 24.9 Å². The Morgan fingerprint density at radius 1 is 1.17 bits per heavy atom. The Morgan fingerprint density at radius 3 is 2.50 bits per heavy atom. The third kappa shape index (κ3) is 7.11. The Bertz CT molecular complexity index is 433. The summed E-state index contributed by atoms with van der Waals surface area (Å²) in [6.45, 7) is 2.09. The van der Waals surface area contributed by atoms with Crippen LogP contribution in [-0.2, 0) is 9.59 Å². The van der Waals surface area contributed by atoms with Crippen molar-refractivity contribution in [2.24, 2.45) is 11.8 Å².